The fourth-order valence-electron chi connectivity index (χ4n) is 5.03. The first kappa shape index (κ1) is 13.5. The molecule has 3 aliphatic heterocycles. The maximum atomic E-state index is 6.09. The van der Waals surface area contributed by atoms with Crippen LogP contribution < -0.4 is 5.32 Å². The second kappa shape index (κ2) is 5.58. The molecule has 0 aromatic heterocycles. The standard InChI is InChI=1S/C17H30N2O/c1-3-16(18-9-1)14-4-10-19(11-5-14)15-6-12-20-17(13-15)7-2-8-17/h14-16,18H,1-13H2. The number of hydrogen-bond donors (Lipinski definition) is 1. The molecule has 4 rings (SSSR count). The summed E-state index contributed by atoms with van der Waals surface area (Å²) < 4.78 is 6.09. The number of likely N-dealkylation sites (tertiary alicyclic amines) is 1. The molecule has 20 heavy (non-hydrogen) atoms. The predicted octanol–water partition coefficient (Wildman–Crippen LogP) is 2.55. The average molecular weight is 278 g/mol. The Bertz CT molecular complexity index is 328. The van der Waals surface area contributed by atoms with E-state index in [4.69, 9.17) is 4.74 Å². The summed E-state index contributed by atoms with van der Waals surface area (Å²) in [5.74, 6) is 0.950. The molecule has 3 nitrogen and oxygen atoms in total. The van der Waals surface area contributed by atoms with Gasteiger partial charge in [-0.1, -0.05) is 0 Å². The van der Waals surface area contributed by atoms with E-state index in [-0.39, 0.29) is 0 Å². The maximum Gasteiger partial charge on any atom is 0.0697 e. The molecule has 1 saturated carbocycles. The van der Waals surface area contributed by atoms with Crippen molar-refractivity contribution >= 4 is 0 Å². The Balaban J connectivity index is 1.30. The van der Waals surface area contributed by atoms with Gasteiger partial charge >= 0.3 is 0 Å². The van der Waals surface area contributed by atoms with Gasteiger partial charge in [0, 0.05) is 18.7 Å². The Kier molecular flexibility index (Phi) is 3.78. The molecule has 3 saturated heterocycles. The summed E-state index contributed by atoms with van der Waals surface area (Å²) in [4.78, 5) is 2.80. The lowest BCUT2D eigenvalue weighted by Gasteiger charge is -2.50. The van der Waals surface area contributed by atoms with Gasteiger partial charge in [0.1, 0.15) is 0 Å². The normalized spacial score (nSPS) is 39.0. The first-order valence-corrected chi connectivity index (χ1v) is 8.96. The van der Waals surface area contributed by atoms with E-state index in [0.29, 0.717) is 5.60 Å². The highest BCUT2D eigenvalue weighted by Gasteiger charge is 2.44. The van der Waals surface area contributed by atoms with Gasteiger partial charge in [-0.05, 0) is 83.3 Å². The highest BCUT2D eigenvalue weighted by atomic mass is 16.5. The minimum Gasteiger partial charge on any atom is -0.375 e. The van der Waals surface area contributed by atoms with Gasteiger partial charge in [-0.2, -0.15) is 0 Å². The molecule has 1 spiro atoms. The third kappa shape index (κ3) is 2.53. The minimum absolute atomic E-state index is 0.312. The second-order valence-electron chi connectivity index (χ2n) is 7.61. The summed E-state index contributed by atoms with van der Waals surface area (Å²) in [5, 5.41) is 3.71. The largest absolute Gasteiger partial charge is 0.375 e. The first-order chi connectivity index (χ1) is 9.85. The molecule has 2 unspecified atom stereocenters. The molecule has 3 heteroatoms. The van der Waals surface area contributed by atoms with Crippen LogP contribution in [0.1, 0.15) is 57.8 Å². The molecule has 1 aliphatic carbocycles. The van der Waals surface area contributed by atoms with E-state index in [1.54, 1.807) is 0 Å². The van der Waals surface area contributed by atoms with Crippen LogP contribution in [0.2, 0.25) is 0 Å². The van der Waals surface area contributed by atoms with Crippen LogP contribution >= 0.6 is 0 Å². The van der Waals surface area contributed by atoms with Crippen LogP contribution in [0.15, 0.2) is 0 Å². The van der Waals surface area contributed by atoms with Crippen molar-refractivity contribution in [2.24, 2.45) is 5.92 Å². The van der Waals surface area contributed by atoms with E-state index in [0.717, 1.165) is 24.6 Å². The van der Waals surface area contributed by atoms with Gasteiger partial charge in [0.05, 0.1) is 5.60 Å². The number of nitrogens with one attached hydrogen (secondary N) is 1. The molecule has 0 aromatic rings. The number of piperidine rings is 1. The van der Waals surface area contributed by atoms with Crippen molar-refractivity contribution in [3.8, 4) is 0 Å². The number of rotatable bonds is 2. The fourth-order valence-corrected chi connectivity index (χ4v) is 5.03. The van der Waals surface area contributed by atoms with Crippen molar-refractivity contribution in [1.82, 2.24) is 10.2 Å². The van der Waals surface area contributed by atoms with E-state index in [2.05, 4.69) is 10.2 Å². The maximum absolute atomic E-state index is 6.09. The van der Waals surface area contributed by atoms with Crippen molar-refractivity contribution < 1.29 is 4.74 Å². The Morgan fingerprint density at radius 3 is 2.50 bits per heavy atom. The average Bonchev–Trinajstić information content (AvgIpc) is 3.00. The molecule has 114 valence electrons. The fraction of sp³-hybridized carbons (Fsp3) is 1.00. The van der Waals surface area contributed by atoms with E-state index >= 15 is 0 Å². The second-order valence-corrected chi connectivity index (χ2v) is 7.61. The number of nitrogens with zero attached hydrogens (tertiary/aromatic N) is 1. The zero-order valence-electron chi connectivity index (χ0n) is 12.8. The van der Waals surface area contributed by atoms with E-state index in [1.165, 1.54) is 77.4 Å². The monoisotopic (exact) mass is 278 g/mol. The van der Waals surface area contributed by atoms with Gasteiger partial charge in [-0.15, -0.1) is 0 Å². The lowest BCUT2D eigenvalue weighted by atomic mass is 9.73. The quantitative estimate of drug-likeness (QED) is 0.840. The first-order valence-electron chi connectivity index (χ1n) is 8.96. The summed E-state index contributed by atoms with van der Waals surface area (Å²) >= 11 is 0. The zero-order chi connectivity index (χ0) is 13.4. The van der Waals surface area contributed by atoms with E-state index < -0.39 is 0 Å². The van der Waals surface area contributed by atoms with Crippen molar-refractivity contribution in [3.05, 3.63) is 0 Å². The lowest BCUT2D eigenvalue weighted by molar-refractivity contribution is -0.150. The molecule has 0 amide bonds. The van der Waals surface area contributed by atoms with Crippen LogP contribution in [0.3, 0.4) is 0 Å². The van der Waals surface area contributed by atoms with Gasteiger partial charge < -0.3 is 15.0 Å². The molecule has 0 bridgehead atoms. The Labute approximate surface area is 123 Å². The summed E-state index contributed by atoms with van der Waals surface area (Å²) in [7, 11) is 0. The Morgan fingerprint density at radius 2 is 1.85 bits per heavy atom. The molecule has 0 radical (unpaired) electrons. The lowest BCUT2D eigenvalue weighted by Crippen LogP contribution is -2.54. The van der Waals surface area contributed by atoms with Crippen LogP contribution in [0.4, 0.5) is 0 Å². The van der Waals surface area contributed by atoms with Crippen molar-refractivity contribution in [2.45, 2.75) is 75.5 Å². The van der Waals surface area contributed by atoms with E-state index in [1.807, 2.05) is 0 Å². The molecule has 1 N–H and O–H groups in total. The van der Waals surface area contributed by atoms with Crippen molar-refractivity contribution in [1.29, 1.82) is 0 Å². The van der Waals surface area contributed by atoms with Crippen LogP contribution in [0.25, 0.3) is 0 Å². The van der Waals surface area contributed by atoms with Gasteiger partial charge in [0.25, 0.3) is 0 Å². The summed E-state index contributed by atoms with van der Waals surface area (Å²) in [6.45, 7) is 4.94. The van der Waals surface area contributed by atoms with Crippen LogP contribution in [-0.4, -0.2) is 48.8 Å². The van der Waals surface area contributed by atoms with E-state index in [9.17, 15) is 0 Å². The minimum atomic E-state index is 0.312. The zero-order valence-corrected chi connectivity index (χ0v) is 12.8. The Hall–Kier alpha value is -0.120. The smallest absolute Gasteiger partial charge is 0.0697 e. The molecule has 0 aromatic carbocycles. The highest BCUT2D eigenvalue weighted by molar-refractivity contribution is 4.97. The van der Waals surface area contributed by atoms with Crippen molar-refractivity contribution in [3.63, 3.8) is 0 Å². The summed E-state index contributed by atoms with van der Waals surface area (Å²) in [6, 6.07) is 1.66. The van der Waals surface area contributed by atoms with Crippen molar-refractivity contribution in [2.75, 3.05) is 26.2 Å². The van der Waals surface area contributed by atoms with Gasteiger partial charge in [-0.3, -0.25) is 0 Å². The summed E-state index contributed by atoms with van der Waals surface area (Å²) in [5.41, 5.74) is 0.312. The molecule has 2 atom stereocenters. The van der Waals surface area contributed by atoms with Gasteiger partial charge in [-0.25, -0.2) is 0 Å². The van der Waals surface area contributed by atoms with Gasteiger partial charge in [0.2, 0.25) is 0 Å². The topological polar surface area (TPSA) is 24.5 Å². The van der Waals surface area contributed by atoms with Gasteiger partial charge in [0.15, 0.2) is 0 Å². The summed E-state index contributed by atoms with van der Waals surface area (Å²) in [6.07, 6.45) is 12.3. The third-order valence-corrected chi connectivity index (χ3v) is 6.49. The van der Waals surface area contributed by atoms with Crippen LogP contribution in [0.5, 0.6) is 0 Å². The molecule has 4 aliphatic rings. The molecule has 3 heterocycles. The molecular formula is C17H30N2O. The molecular weight excluding hydrogens is 248 g/mol. The third-order valence-electron chi connectivity index (χ3n) is 6.49. The SMILES string of the molecule is C1CNC(C2CCN(C3CCOC4(CCC4)C3)CC2)C1. The number of hydrogen-bond acceptors (Lipinski definition) is 3. The molecule has 4 fully saturated rings. The highest BCUT2D eigenvalue weighted by Crippen LogP contribution is 2.44. The predicted molar refractivity (Wildman–Crippen MR) is 80.9 cm³/mol. The number of ether oxygens (including phenoxy) is 1. The Morgan fingerprint density at radius 1 is 1.00 bits per heavy atom. The van der Waals surface area contributed by atoms with Crippen LogP contribution in [-0.2, 0) is 4.74 Å². The van der Waals surface area contributed by atoms with Crippen LogP contribution in [0, 0.1) is 5.92 Å².